The van der Waals surface area contributed by atoms with Crippen molar-refractivity contribution in [3.8, 4) is 0 Å². The Bertz CT molecular complexity index is 1130. The quantitative estimate of drug-likeness (QED) is 0.481. The van der Waals surface area contributed by atoms with Crippen molar-refractivity contribution in [2.75, 3.05) is 36.4 Å². The number of carbonyl (C=O) groups is 2. The molecule has 0 bridgehead atoms. The van der Waals surface area contributed by atoms with Gasteiger partial charge in [0.15, 0.2) is 5.82 Å². The third-order valence-electron chi connectivity index (χ3n) is 7.33. The van der Waals surface area contributed by atoms with E-state index in [9.17, 15) is 9.59 Å². The molecule has 2 aromatic heterocycles. The summed E-state index contributed by atoms with van der Waals surface area (Å²) in [5.41, 5.74) is 2.12. The Morgan fingerprint density at radius 1 is 1.00 bits per heavy atom. The zero-order valence-electron chi connectivity index (χ0n) is 20.5. The second-order valence-corrected chi connectivity index (χ2v) is 10.7. The second kappa shape index (κ2) is 11.6. The molecule has 3 aromatic rings. The molecular formula is C28H33N5O2S. The van der Waals surface area contributed by atoms with E-state index in [0.717, 1.165) is 63.2 Å². The van der Waals surface area contributed by atoms with Crippen molar-refractivity contribution in [2.45, 2.75) is 44.4 Å². The number of carbonyl (C=O) groups excluding carboxylic acids is 2. The van der Waals surface area contributed by atoms with E-state index in [2.05, 4.69) is 50.1 Å². The Balaban J connectivity index is 1.05. The van der Waals surface area contributed by atoms with E-state index in [1.807, 2.05) is 29.2 Å². The van der Waals surface area contributed by atoms with Crippen molar-refractivity contribution in [1.82, 2.24) is 15.1 Å². The maximum Gasteiger partial charge on any atom is 0.229 e. The summed E-state index contributed by atoms with van der Waals surface area (Å²) in [4.78, 5) is 30.9. The highest BCUT2D eigenvalue weighted by atomic mass is 32.1. The van der Waals surface area contributed by atoms with Crippen LogP contribution >= 0.6 is 11.3 Å². The predicted octanol–water partition coefficient (Wildman–Crippen LogP) is 4.73. The minimum absolute atomic E-state index is 0.0556. The highest BCUT2D eigenvalue weighted by Gasteiger charge is 2.29. The zero-order valence-corrected chi connectivity index (χ0v) is 21.3. The molecule has 2 aliphatic rings. The number of aromatic nitrogens is 2. The molecule has 1 N–H and O–H groups in total. The number of benzene rings is 1. The summed E-state index contributed by atoms with van der Waals surface area (Å²) in [6.45, 7) is 3.12. The third kappa shape index (κ3) is 6.10. The van der Waals surface area contributed by atoms with E-state index in [0.29, 0.717) is 18.9 Å². The third-order valence-corrected chi connectivity index (χ3v) is 8.27. The van der Waals surface area contributed by atoms with E-state index in [4.69, 9.17) is 0 Å². The molecule has 7 nitrogen and oxygen atoms in total. The van der Waals surface area contributed by atoms with Crippen molar-refractivity contribution in [2.24, 2.45) is 5.92 Å². The van der Waals surface area contributed by atoms with Gasteiger partial charge in [-0.25, -0.2) is 0 Å². The van der Waals surface area contributed by atoms with Crippen LogP contribution in [0.2, 0.25) is 0 Å². The largest absolute Gasteiger partial charge is 0.354 e. The summed E-state index contributed by atoms with van der Waals surface area (Å²) >= 11 is 1.76. The van der Waals surface area contributed by atoms with Gasteiger partial charge in [-0.1, -0.05) is 18.2 Å². The van der Waals surface area contributed by atoms with Gasteiger partial charge in [0.05, 0.1) is 5.92 Å². The molecule has 2 saturated heterocycles. The van der Waals surface area contributed by atoms with Gasteiger partial charge in [0.2, 0.25) is 11.8 Å². The normalized spacial score (nSPS) is 18.4. The van der Waals surface area contributed by atoms with Crippen LogP contribution in [0.15, 0.2) is 60.1 Å². The smallest absolute Gasteiger partial charge is 0.229 e. The van der Waals surface area contributed by atoms with Gasteiger partial charge < -0.3 is 15.1 Å². The van der Waals surface area contributed by atoms with Crippen molar-refractivity contribution in [3.05, 3.63) is 70.5 Å². The van der Waals surface area contributed by atoms with Crippen LogP contribution in [0.1, 0.15) is 48.5 Å². The number of hydrogen-bond acceptors (Lipinski definition) is 6. The van der Waals surface area contributed by atoms with Gasteiger partial charge >= 0.3 is 0 Å². The van der Waals surface area contributed by atoms with Gasteiger partial charge in [-0.2, -0.15) is 5.10 Å². The Labute approximate surface area is 216 Å². The number of nitrogens with zero attached hydrogens (tertiary/aromatic N) is 4. The minimum atomic E-state index is -0.0566. The maximum absolute atomic E-state index is 12.8. The molecule has 1 aromatic carbocycles. The van der Waals surface area contributed by atoms with Crippen molar-refractivity contribution in [1.29, 1.82) is 0 Å². The minimum Gasteiger partial charge on any atom is -0.354 e. The molecule has 188 valence electrons. The fourth-order valence-corrected chi connectivity index (χ4v) is 5.97. The monoisotopic (exact) mass is 503 g/mol. The lowest BCUT2D eigenvalue weighted by atomic mass is 9.89. The van der Waals surface area contributed by atoms with E-state index in [1.165, 1.54) is 10.4 Å². The van der Waals surface area contributed by atoms with E-state index < -0.39 is 0 Å². The molecule has 1 atom stereocenters. The molecule has 2 fully saturated rings. The summed E-state index contributed by atoms with van der Waals surface area (Å²) in [7, 11) is 0. The number of anilines is 2. The van der Waals surface area contributed by atoms with Crippen LogP contribution in [-0.2, 0) is 16.0 Å². The van der Waals surface area contributed by atoms with Gasteiger partial charge in [-0.15, -0.1) is 16.4 Å². The van der Waals surface area contributed by atoms with Crippen molar-refractivity contribution < 1.29 is 9.59 Å². The number of likely N-dealkylation sites (tertiary alicyclic amines) is 1. The number of aryl methyl sites for hydroxylation is 1. The van der Waals surface area contributed by atoms with Gasteiger partial charge in [0, 0.05) is 49.4 Å². The van der Waals surface area contributed by atoms with Crippen LogP contribution in [0.3, 0.4) is 0 Å². The van der Waals surface area contributed by atoms with Crippen LogP contribution in [0.4, 0.5) is 11.5 Å². The summed E-state index contributed by atoms with van der Waals surface area (Å²) in [5, 5.41) is 13.3. The van der Waals surface area contributed by atoms with Crippen LogP contribution in [0.5, 0.6) is 0 Å². The molecule has 4 heterocycles. The topological polar surface area (TPSA) is 78.4 Å². The highest BCUT2D eigenvalue weighted by Crippen LogP contribution is 2.30. The number of thiophene rings is 1. The van der Waals surface area contributed by atoms with E-state index >= 15 is 0 Å². The molecular weight excluding hydrogens is 470 g/mol. The summed E-state index contributed by atoms with van der Waals surface area (Å²) < 4.78 is 0. The van der Waals surface area contributed by atoms with Crippen LogP contribution in [0, 0.1) is 5.92 Å². The second-order valence-electron chi connectivity index (χ2n) is 9.71. The molecule has 2 amide bonds. The SMILES string of the molecule is O=C(Nc1ccc(C2CCN(C(=O)CCCc3cccs3)CC2)cc1)[C@H]1CCN(c2cccnn2)C1. The average Bonchev–Trinajstić information content (AvgIpc) is 3.63. The Morgan fingerprint density at radius 2 is 1.83 bits per heavy atom. The predicted molar refractivity (Wildman–Crippen MR) is 143 cm³/mol. The van der Waals surface area contributed by atoms with Crippen molar-refractivity contribution >= 4 is 34.7 Å². The first-order valence-corrected chi connectivity index (χ1v) is 13.8. The Hall–Kier alpha value is -3.26. The van der Waals surface area contributed by atoms with Gasteiger partial charge in [-0.3, -0.25) is 9.59 Å². The number of rotatable bonds is 8. The van der Waals surface area contributed by atoms with E-state index in [-0.39, 0.29) is 17.7 Å². The highest BCUT2D eigenvalue weighted by molar-refractivity contribution is 7.09. The lowest BCUT2D eigenvalue weighted by Gasteiger charge is -2.32. The van der Waals surface area contributed by atoms with Gasteiger partial charge in [-0.05, 0) is 79.3 Å². The summed E-state index contributed by atoms with van der Waals surface area (Å²) in [6.07, 6.45) is 6.99. The molecule has 0 saturated carbocycles. The molecule has 8 heteroatoms. The van der Waals surface area contributed by atoms with Crippen LogP contribution < -0.4 is 10.2 Å². The first-order chi connectivity index (χ1) is 17.7. The number of piperidine rings is 1. The van der Waals surface area contributed by atoms with Crippen molar-refractivity contribution in [3.63, 3.8) is 0 Å². The summed E-state index contributed by atoms with van der Waals surface area (Å²) in [5.74, 6) is 1.57. The van der Waals surface area contributed by atoms with Crippen LogP contribution in [0.25, 0.3) is 0 Å². The molecule has 0 unspecified atom stereocenters. The lowest BCUT2D eigenvalue weighted by Crippen LogP contribution is -2.37. The first-order valence-electron chi connectivity index (χ1n) is 12.9. The Kier molecular flexibility index (Phi) is 7.91. The fraction of sp³-hybridized carbons (Fsp3) is 0.429. The molecule has 0 radical (unpaired) electrons. The van der Waals surface area contributed by atoms with Gasteiger partial charge in [0.1, 0.15) is 0 Å². The molecule has 0 spiro atoms. The number of hydrogen-bond donors (Lipinski definition) is 1. The summed E-state index contributed by atoms with van der Waals surface area (Å²) in [6, 6.07) is 16.3. The Morgan fingerprint density at radius 3 is 2.56 bits per heavy atom. The number of amides is 2. The maximum atomic E-state index is 12.8. The average molecular weight is 504 g/mol. The zero-order chi connectivity index (χ0) is 24.7. The lowest BCUT2D eigenvalue weighted by molar-refractivity contribution is -0.132. The van der Waals surface area contributed by atoms with Gasteiger partial charge in [0.25, 0.3) is 0 Å². The first kappa shape index (κ1) is 24.4. The molecule has 36 heavy (non-hydrogen) atoms. The molecule has 5 rings (SSSR count). The molecule has 2 aliphatic heterocycles. The fourth-order valence-electron chi connectivity index (χ4n) is 5.22. The van der Waals surface area contributed by atoms with Crippen LogP contribution in [-0.4, -0.2) is 53.1 Å². The number of nitrogens with one attached hydrogen (secondary N) is 1. The van der Waals surface area contributed by atoms with E-state index in [1.54, 1.807) is 17.5 Å². The standard InChI is InChI=1S/C28H33N5O2S/c34-27(7-1-4-25-5-3-19-36-25)32-16-12-22(13-17-32)21-8-10-24(11-9-21)30-28(35)23-14-18-33(20-23)26-6-2-15-29-31-26/h2-3,5-6,8-11,15,19,22-23H,1,4,7,12-14,16-18,20H2,(H,30,35)/t23-/m0/s1. The molecule has 0 aliphatic carbocycles.